The van der Waals surface area contributed by atoms with Crippen LogP contribution in [0.1, 0.15) is 11.1 Å². The maximum absolute atomic E-state index is 12.6. The molecule has 4 rings (SSSR count). The fraction of sp³-hybridized carbons (Fsp3) is 0.143. The number of ether oxygens (including phenoxy) is 2. The molecule has 0 radical (unpaired) electrons. The van der Waals surface area contributed by atoms with E-state index < -0.39 is 5.91 Å². The molecule has 146 valence electrons. The Morgan fingerprint density at radius 2 is 1.86 bits per heavy atom. The summed E-state index contributed by atoms with van der Waals surface area (Å²) in [5.74, 6) is 0.678. The maximum Gasteiger partial charge on any atom is 0.283 e. The quantitative estimate of drug-likeness (QED) is 0.767. The Kier molecular flexibility index (Phi) is 5.18. The van der Waals surface area contributed by atoms with E-state index >= 15 is 0 Å². The molecule has 0 saturated carbocycles. The lowest BCUT2D eigenvalue weighted by molar-refractivity contribution is -0.114. The summed E-state index contributed by atoms with van der Waals surface area (Å²) in [5, 5.41) is 15.6. The van der Waals surface area contributed by atoms with Crippen molar-refractivity contribution in [3.63, 3.8) is 0 Å². The zero-order chi connectivity index (χ0) is 20.4. The molecule has 1 amide bonds. The van der Waals surface area contributed by atoms with Crippen molar-refractivity contribution < 1.29 is 14.3 Å². The molecule has 0 unspecified atom stereocenters. The number of fused-ring (bicyclic) bond motifs is 1. The van der Waals surface area contributed by atoms with Gasteiger partial charge in [0, 0.05) is 6.42 Å². The average Bonchev–Trinajstić information content (AvgIpc) is 3.14. The van der Waals surface area contributed by atoms with Gasteiger partial charge in [0.2, 0.25) is 5.17 Å². The number of carbonyl (C=O) groups is 1. The number of nitrogens with zero attached hydrogens (tertiary/aromatic N) is 3. The van der Waals surface area contributed by atoms with Crippen molar-refractivity contribution in [1.82, 2.24) is 5.01 Å². The number of hydrogen-bond acceptors (Lipinski definition) is 6. The first-order valence-electron chi connectivity index (χ1n) is 8.84. The summed E-state index contributed by atoms with van der Waals surface area (Å²) in [6.07, 6.45) is 2.24. The zero-order valence-corrected chi connectivity index (χ0v) is 16.7. The molecule has 0 saturated heterocycles. The number of benzene rings is 2. The molecule has 2 aromatic rings. The molecule has 1 N–H and O–H groups in total. The van der Waals surface area contributed by atoms with Gasteiger partial charge in [0.1, 0.15) is 5.04 Å². The second-order valence-corrected chi connectivity index (χ2v) is 7.33. The molecule has 2 aromatic carbocycles. The summed E-state index contributed by atoms with van der Waals surface area (Å²) in [6, 6.07) is 15.2. The number of aliphatic imine (C=N–C) groups is 1. The first-order chi connectivity index (χ1) is 14.1. The standard InChI is InChI=1S/C21H18N4O3S/c1-27-16-9-8-14(11-17(16)28-2)10-15-19(22)25-21(23-20(15)26)29-18(24-25)12-13-6-4-3-5-7-13/h3-11,22H,12H2,1-2H3/b15-10-,22-19?. The molecular formula is C21H18N4O3S. The van der Waals surface area contributed by atoms with Crippen LogP contribution in [0.4, 0.5) is 0 Å². The second-order valence-electron chi connectivity index (χ2n) is 6.29. The van der Waals surface area contributed by atoms with Gasteiger partial charge < -0.3 is 9.47 Å². The van der Waals surface area contributed by atoms with Crippen molar-refractivity contribution in [3.05, 3.63) is 65.2 Å². The molecule has 2 aliphatic rings. The van der Waals surface area contributed by atoms with Crippen LogP contribution in [0.25, 0.3) is 6.08 Å². The number of thioether (sulfide) groups is 1. The summed E-state index contributed by atoms with van der Waals surface area (Å²) in [5.41, 5.74) is 1.99. The third-order valence-electron chi connectivity index (χ3n) is 4.41. The van der Waals surface area contributed by atoms with E-state index in [1.165, 1.54) is 16.8 Å². The third kappa shape index (κ3) is 3.79. The van der Waals surface area contributed by atoms with Crippen molar-refractivity contribution in [1.29, 1.82) is 5.41 Å². The lowest BCUT2D eigenvalue weighted by Crippen LogP contribution is -2.35. The molecule has 0 spiro atoms. The number of methoxy groups -OCH3 is 2. The molecule has 0 aromatic heterocycles. The Morgan fingerprint density at radius 3 is 2.59 bits per heavy atom. The molecule has 0 bridgehead atoms. The van der Waals surface area contributed by atoms with Crippen LogP contribution in [0.2, 0.25) is 0 Å². The molecule has 0 aliphatic carbocycles. The van der Waals surface area contributed by atoms with E-state index in [-0.39, 0.29) is 11.4 Å². The van der Waals surface area contributed by atoms with Crippen LogP contribution >= 0.6 is 11.8 Å². The molecule has 2 heterocycles. The highest BCUT2D eigenvalue weighted by Gasteiger charge is 2.35. The Hall–Kier alpha value is -3.39. The van der Waals surface area contributed by atoms with Crippen LogP contribution in [0.15, 0.2) is 64.2 Å². The van der Waals surface area contributed by atoms with E-state index in [0.717, 1.165) is 10.6 Å². The number of hydrogen-bond donors (Lipinski definition) is 1. The normalized spacial score (nSPS) is 17.2. The van der Waals surface area contributed by atoms with Crippen LogP contribution in [0, 0.1) is 5.41 Å². The summed E-state index contributed by atoms with van der Waals surface area (Å²) in [7, 11) is 3.10. The van der Waals surface area contributed by atoms with E-state index in [1.807, 2.05) is 30.3 Å². The van der Waals surface area contributed by atoms with Crippen molar-refractivity contribution in [3.8, 4) is 11.5 Å². The van der Waals surface area contributed by atoms with E-state index in [0.29, 0.717) is 28.7 Å². The highest BCUT2D eigenvalue weighted by Crippen LogP contribution is 2.31. The van der Waals surface area contributed by atoms with Gasteiger partial charge in [-0.25, -0.2) is 0 Å². The molecule has 0 fully saturated rings. The van der Waals surface area contributed by atoms with Gasteiger partial charge in [-0.1, -0.05) is 36.4 Å². The minimum atomic E-state index is -0.459. The average molecular weight is 406 g/mol. The first-order valence-corrected chi connectivity index (χ1v) is 9.65. The fourth-order valence-electron chi connectivity index (χ4n) is 2.98. The van der Waals surface area contributed by atoms with Gasteiger partial charge in [-0.15, -0.1) is 0 Å². The summed E-state index contributed by atoms with van der Waals surface area (Å²) < 4.78 is 10.5. The van der Waals surface area contributed by atoms with E-state index in [2.05, 4.69) is 10.1 Å². The van der Waals surface area contributed by atoms with Crippen LogP contribution < -0.4 is 9.47 Å². The number of amides is 1. The van der Waals surface area contributed by atoms with Gasteiger partial charge in [-0.3, -0.25) is 10.2 Å². The maximum atomic E-state index is 12.6. The molecule has 29 heavy (non-hydrogen) atoms. The molecule has 0 atom stereocenters. The topological polar surface area (TPSA) is 87.3 Å². The number of nitrogens with one attached hydrogen (secondary N) is 1. The number of rotatable bonds is 5. The van der Waals surface area contributed by atoms with Gasteiger partial charge in [0.05, 0.1) is 19.8 Å². The molecule has 2 aliphatic heterocycles. The smallest absolute Gasteiger partial charge is 0.283 e. The predicted octanol–water partition coefficient (Wildman–Crippen LogP) is 3.57. The Bertz CT molecular complexity index is 1080. The van der Waals surface area contributed by atoms with E-state index in [1.54, 1.807) is 38.5 Å². The molecular weight excluding hydrogens is 388 g/mol. The number of amidine groups is 2. The third-order valence-corrected chi connectivity index (χ3v) is 5.32. The monoisotopic (exact) mass is 406 g/mol. The van der Waals surface area contributed by atoms with Crippen LogP contribution in [-0.4, -0.2) is 41.2 Å². The van der Waals surface area contributed by atoms with Gasteiger partial charge in [-0.05, 0) is 41.1 Å². The Balaban J connectivity index is 1.61. The van der Waals surface area contributed by atoms with Crippen molar-refractivity contribution in [2.45, 2.75) is 6.42 Å². The lowest BCUT2D eigenvalue weighted by atomic mass is 10.1. The summed E-state index contributed by atoms with van der Waals surface area (Å²) in [4.78, 5) is 16.7. The number of carbonyl (C=O) groups excluding carboxylic acids is 1. The SMILES string of the molecule is COc1ccc(/C=C2/C(=N)N3N=C(Cc4ccccc4)SC3=NC2=O)cc1OC. The largest absolute Gasteiger partial charge is 0.493 e. The van der Waals surface area contributed by atoms with Crippen LogP contribution in [0.5, 0.6) is 11.5 Å². The molecule has 7 nitrogen and oxygen atoms in total. The van der Waals surface area contributed by atoms with Gasteiger partial charge in [0.25, 0.3) is 5.91 Å². The van der Waals surface area contributed by atoms with Crippen molar-refractivity contribution >= 4 is 39.8 Å². The second kappa shape index (κ2) is 7.92. The molecule has 8 heteroatoms. The zero-order valence-electron chi connectivity index (χ0n) is 15.9. The highest BCUT2D eigenvalue weighted by molar-refractivity contribution is 8.26. The van der Waals surface area contributed by atoms with E-state index in [9.17, 15) is 4.79 Å². The van der Waals surface area contributed by atoms with Crippen molar-refractivity contribution in [2.24, 2.45) is 10.1 Å². The highest BCUT2D eigenvalue weighted by atomic mass is 32.2. The van der Waals surface area contributed by atoms with Crippen molar-refractivity contribution in [2.75, 3.05) is 14.2 Å². The van der Waals surface area contributed by atoms with Crippen LogP contribution in [0.3, 0.4) is 0 Å². The number of hydrazone groups is 1. The lowest BCUT2D eigenvalue weighted by Gasteiger charge is -2.20. The van der Waals surface area contributed by atoms with Gasteiger partial charge >= 0.3 is 0 Å². The Morgan fingerprint density at radius 1 is 1.10 bits per heavy atom. The Labute approximate surface area is 172 Å². The van der Waals surface area contributed by atoms with Gasteiger partial charge in [0.15, 0.2) is 17.3 Å². The summed E-state index contributed by atoms with van der Waals surface area (Å²) in [6.45, 7) is 0. The predicted molar refractivity (Wildman–Crippen MR) is 115 cm³/mol. The minimum Gasteiger partial charge on any atom is -0.493 e. The first kappa shape index (κ1) is 18.9. The van der Waals surface area contributed by atoms with E-state index in [4.69, 9.17) is 14.9 Å². The van der Waals surface area contributed by atoms with Gasteiger partial charge in [-0.2, -0.15) is 15.1 Å². The van der Waals surface area contributed by atoms with Crippen LogP contribution in [-0.2, 0) is 11.2 Å². The minimum absolute atomic E-state index is 0.00495. The summed E-state index contributed by atoms with van der Waals surface area (Å²) >= 11 is 1.32. The fourth-order valence-corrected chi connectivity index (χ4v) is 3.90.